The first kappa shape index (κ1) is 34.9. The van der Waals surface area contributed by atoms with Gasteiger partial charge in [-0.3, -0.25) is 9.97 Å². The van der Waals surface area contributed by atoms with Crippen LogP contribution in [-0.2, 0) is 0 Å². The largest absolute Gasteiger partial charge is 0.309 e. The molecule has 0 N–H and O–H groups in total. The topological polar surface area (TPSA) is 35.5 Å². The Morgan fingerprint density at radius 3 is 1.20 bits per heavy atom. The third-order valence-electron chi connectivity index (χ3n) is 10.8. The number of hydrogen-bond donors (Lipinski definition) is 0. The van der Waals surface area contributed by atoms with Crippen LogP contribution < -0.4 is 14.7 Å². The number of hydrogen-bond acceptors (Lipinski definition) is 7. The Bertz CT molecular complexity index is 3200. The first-order valence-corrected chi connectivity index (χ1v) is 21.2. The van der Waals surface area contributed by atoms with Crippen LogP contribution in [0, 0.1) is 0 Å². The fourth-order valence-corrected chi connectivity index (χ4v) is 10.7. The minimum atomic E-state index is 0.975. The molecule has 0 atom stereocenters. The smallest absolute Gasteiger partial charge is 0.0646 e. The number of aromatic nitrogens is 2. The predicted octanol–water partition coefficient (Wildman–Crippen LogP) is 15.6. The van der Waals surface area contributed by atoms with E-state index in [1.165, 1.54) is 40.3 Å². The van der Waals surface area contributed by atoms with E-state index in [-0.39, 0.29) is 0 Å². The molecule has 59 heavy (non-hydrogen) atoms. The number of nitrogens with zero attached hydrogens (tertiary/aromatic N) is 5. The first-order chi connectivity index (χ1) is 29.3. The van der Waals surface area contributed by atoms with Crippen molar-refractivity contribution >= 4 is 114 Å². The molecule has 0 aliphatic carbocycles. The standard InChI is InChI=1S/C52H35N5S2/c1-3-15-36(16-4-1)55(46-27-10-24-43-42-23-7-8-30-49(42)58-50(43)46)38-19-9-20-39(33-38)56(37-17-5-2-6-18-37)47-28-11-25-44-45-26-12-29-48(52(45)59-51(44)47)57(40-21-13-31-53-34-40)41-22-14-32-54-35-41/h1-35H. The average Bonchev–Trinajstić information content (AvgIpc) is 3.89. The van der Waals surface area contributed by atoms with Gasteiger partial charge in [0.1, 0.15) is 0 Å². The Balaban J connectivity index is 1.11. The number of thiophene rings is 2. The number of rotatable bonds is 9. The van der Waals surface area contributed by atoms with Gasteiger partial charge in [0.2, 0.25) is 0 Å². The molecule has 7 aromatic carbocycles. The van der Waals surface area contributed by atoms with Gasteiger partial charge in [-0.1, -0.05) is 97.1 Å². The fraction of sp³-hybridized carbons (Fsp3) is 0. The highest BCUT2D eigenvalue weighted by molar-refractivity contribution is 7.27. The van der Waals surface area contributed by atoms with Crippen molar-refractivity contribution in [2.24, 2.45) is 0 Å². The van der Waals surface area contributed by atoms with Gasteiger partial charge >= 0.3 is 0 Å². The molecule has 280 valence electrons. The lowest BCUT2D eigenvalue weighted by Crippen LogP contribution is -2.13. The Morgan fingerprint density at radius 2 is 0.695 bits per heavy atom. The van der Waals surface area contributed by atoms with Crippen molar-refractivity contribution in [2.45, 2.75) is 0 Å². The molecule has 0 saturated carbocycles. The molecule has 0 bridgehead atoms. The quantitative estimate of drug-likeness (QED) is 0.145. The molecular formula is C52H35N5S2. The lowest BCUT2D eigenvalue weighted by molar-refractivity contribution is 1.21. The highest BCUT2D eigenvalue weighted by Gasteiger charge is 2.24. The fourth-order valence-electron chi connectivity index (χ4n) is 8.23. The van der Waals surface area contributed by atoms with E-state index < -0.39 is 0 Å². The summed E-state index contributed by atoms with van der Waals surface area (Å²) < 4.78 is 4.95. The van der Waals surface area contributed by atoms with E-state index in [2.05, 4.69) is 201 Å². The molecule has 0 spiro atoms. The zero-order valence-electron chi connectivity index (χ0n) is 31.8. The first-order valence-electron chi connectivity index (χ1n) is 19.6. The van der Waals surface area contributed by atoms with E-state index in [1.807, 2.05) is 59.6 Å². The summed E-state index contributed by atoms with van der Waals surface area (Å²) in [6, 6.07) is 67.3. The summed E-state index contributed by atoms with van der Waals surface area (Å²) in [5.74, 6) is 0. The summed E-state index contributed by atoms with van der Waals surface area (Å²) in [6.45, 7) is 0. The Kier molecular flexibility index (Phi) is 8.80. The van der Waals surface area contributed by atoms with Crippen molar-refractivity contribution in [2.75, 3.05) is 14.7 Å². The van der Waals surface area contributed by atoms with E-state index in [1.54, 1.807) is 0 Å². The van der Waals surface area contributed by atoms with Crippen LogP contribution in [0.2, 0.25) is 0 Å². The maximum Gasteiger partial charge on any atom is 0.0646 e. The van der Waals surface area contributed by atoms with Crippen LogP contribution in [0.5, 0.6) is 0 Å². The molecule has 0 saturated heterocycles. The summed E-state index contributed by atoms with van der Waals surface area (Å²) >= 11 is 3.68. The lowest BCUT2D eigenvalue weighted by atomic mass is 10.1. The van der Waals surface area contributed by atoms with Gasteiger partial charge in [0.15, 0.2) is 0 Å². The van der Waals surface area contributed by atoms with Gasteiger partial charge in [-0.2, -0.15) is 0 Å². The second-order valence-electron chi connectivity index (χ2n) is 14.3. The SMILES string of the molecule is c1ccc(N(c2cccc(N(c3ccccc3)c3cccc4c3sc3c(N(c5cccnc5)c5cccnc5)cccc34)c2)c2cccc3c2sc2ccccc23)cc1. The van der Waals surface area contributed by atoms with Crippen LogP contribution in [0.15, 0.2) is 213 Å². The van der Waals surface area contributed by atoms with Crippen molar-refractivity contribution in [1.29, 1.82) is 0 Å². The van der Waals surface area contributed by atoms with E-state index >= 15 is 0 Å². The monoisotopic (exact) mass is 793 g/mol. The van der Waals surface area contributed by atoms with Crippen LogP contribution in [0.3, 0.4) is 0 Å². The molecule has 0 amide bonds. The Hall–Kier alpha value is -7.32. The summed E-state index contributed by atoms with van der Waals surface area (Å²) in [5.41, 5.74) is 9.63. The summed E-state index contributed by atoms with van der Waals surface area (Å²) in [6.07, 6.45) is 7.45. The van der Waals surface area contributed by atoms with E-state index in [0.29, 0.717) is 0 Å². The number of anilines is 9. The molecular weight excluding hydrogens is 759 g/mol. The number of para-hydroxylation sites is 2. The lowest BCUT2D eigenvalue weighted by Gasteiger charge is -2.30. The highest BCUT2D eigenvalue weighted by atomic mass is 32.1. The highest BCUT2D eigenvalue weighted by Crippen LogP contribution is 2.50. The minimum absolute atomic E-state index is 0.975. The van der Waals surface area contributed by atoms with Gasteiger partial charge in [-0.05, 0) is 91.0 Å². The van der Waals surface area contributed by atoms with Gasteiger partial charge in [0.25, 0.3) is 0 Å². The molecule has 5 nitrogen and oxygen atoms in total. The van der Waals surface area contributed by atoms with Gasteiger partial charge in [0, 0.05) is 61.4 Å². The molecule has 7 heteroatoms. The van der Waals surface area contributed by atoms with Crippen molar-refractivity contribution in [3.8, 4) is 0 Å². The van der Waals surface area contributed by atoms with Crippen LogP contribution in [0.1, 0.15) is 0 Å². The maximum absolute atomic E-state index is 4.50. The third kappa shape index (κ3) is 6.16. The zero-order valence-corrected chi connectivity index (χ0v) is 33.4. The molecule has 0 aliphatic heterocycles. The molecule has 0 fully saturated rings. The third-order valence-corrected chi connectivity index (χ3v) is 13.2. The molecule has 11 rings (SSSR count). The van der Waals surface area contributed by atoms with Gasteiger partial charge < -0.3 is 14.7 Å². The van der Waals surface area contributed by atoms with Gasteiger partial charge in [-0.25, -0.2) is 0 Å². The van der Waals surface area contributed by atoms with Crippen molar-refractivity contribution in [3.05, 3.63) is 213 Å². The Morgan fingerprint density at radius 1 is 0.305 bits per heavy atom. The minimum Gasteiger partial charge on any atom is -0.309 e. The van der Waals surface area contributed by atoms with Crippen molar-refractivity contribution in [1.82, 2.24) is 9.97 Å². The molecule has 0 aliphatic rings. The molecule has 0 radical (unpaired) electrons. The Labute approximate surface area is 350 Å². The summed E-state index contributed by atoms with van der Waals surface area (Å²) in [5, 5.41) is 4.97. The van der Waals surface area contributed by atoms with Gasteiger partial charge in [-0.15, -0.1) is 22.7 Å². The van der Waals surface area contributed by atoms with Crippen LogP contribution >= 0.6 is 22.7 Å². The number of fused-ring (bicyclic) bond motifs is 6. The summed E-state index contributed by atoms with van der Waals surface area (Å²) in [7, 11) is 0. The molecule has 0 unspecified atom stereocenters. The predicted molar refractivity (Wildman–Crippen MR) is 252 cm³/mol. The summed E-state index contributed by atoms with van der Waals surface area (Å²) in [4.78, 5) is 16.1. The second-order valence-corrected chi connectivity index (χ2v) is 16.4. The maximum atomic E-state index is 4.50. The number of pyridine rings is 2. The van der Waals surface area contributed by atoms with E-state index in [0.717, 1.165) is 51.2 Å². The van der Waals surface area contributed by atoms with Crippen molar-refractivity contribution in [3.63, 3.8) is 0 Å². The van der Waals surface area contributed by atoms with E-state index in [9.17, 15) is 0 Å². The van der Waals surface area contributed by atoms with Crippen LogP contribution in [-0.4, -0.2) is 9.97 Å². The number of benzene rings is 7. The van der Waals surface area contributed by atoms with Gasteiger partial charge in [0.05, 0.1) is 54.9 Å². The normalized spacial score (nSPS) is 11.4. The van der Waals surface area contributed by atoms with E-state index in [4.69, 9.17) is 0 Å². The second kappa shape index (κ2) is 14.9. The van der Waals surface area contributed by atoms with Crippen LogP contribution in [0.4, 0.5) is 51.2 Å². The molecule has 11 aromatic rings. The molecule has 4 aromatic heterocycles. The average molecular weight is 794 g/mol. The molecule has 4 heterocycles. The van der Waals surface area contributed by atoms with Crippen LogP contribution in [0.25, 0.3) is 40.3 Å². The zero-order chi connectivity index (χ0) is 39.1. The van der Waals surface area contributed by atoms with Crippen molar-refractivity contribution < 1.29 is 0 Å².